The normalized spacial score (nSPS) is 28.5. The number of aromatic nitrogens is 4. The van der Waals surface area contributed by atoms with Crippen LogP contribution in [0, 0.1) is 0 Å². The molecule has 3 rings (SSSR count). The minimum absolute atomic E-state index is 0.0227. The van der Waals surface area contributed by atoms with Crippen molar-refractivity contribution in [2.45, 2.75) is 24.5 Å². The van der Waals surface area contributed by atoms with Crippen LogP contribution in [0.15, 0.2) is 12.7 Å². The van der Waals surface area contributed by atoms with Gasteiger partial charge in [-0.3, -0.25) is 9.09 Å². The quantitative estimate of drug-likeness (QED) is 0.197. The number of fused-ring (bicyclic) bond motifs is 1. The third-order valence-corrected chi connectivity index (χ3v) is 7.66. The van der Waals surface area contributed by atoms with Gasteiger partial charge in [0.2, 0.25) is 0 Å². The molecule has 0 amide bonds. The molecule has 31 heavy (non-hydrogen) atoms. The Balaban J connectivity index is 1.91. The van der Waals surface area contributed by atoms with E-state index in [0.717, 1.165) is 17.2 Å². The summed E-state index contributed by atoms with van der Waals surface area (Å²) in [7, 11) is -17.0. The number of aliphatic hydroxyl groups excluding tert-OH is 2. The Morgan fingerprint density at radius 1 is 1.10 bits per heavy atom. The minimum Gasteiger partial charge on any atom is -0.394 e. The highest BCUT2D eigenvalue weighted by molar-refractivity contribution is 7.66. The molecule has 21 heteroatoms. The number of imidazole rings is 1. The van der Waals surface area contributed by atoms with E-state index in [1.54, 1.807) is 0 Å². The fraction of sp³-hybridized carbons (Fsp3) is 0.500. The second-order valence-corrected chi connectivity index (χ2v) is 10.4. The van der Waals surface area contributed by atoms with Crippen molar-refractivity contribution in [1.82, 2.24) is 19.5 Å². The number of anilines is 1. The fourth-order valence-electron chi connectivity index (χ4n) is 2.72. The fourth-order valence-corrected chi connectivity index (χ4v) is 5.91. The second-order valence-electron chi connectivity index (χ2n) is 5.98. The molecular formula is C10H16N5O13P3. The van der Waals surface area contributed by atoms with E-state index in [0.29, 0.717) is 0 Å². The lowest BCUT2D eigenvalue weighted by Crippen LogP contribution is -2.35. The monoisotopic (exact) mass is 507 g/mol. The van der Waals surface area contributed by atoms with E-state index in [1.165, 1.54) is 0 Å². The Labute approximate surface area is 171 Å². The molecule has 6 atom stereocenters. The smallest absolute Gasteiger partial charge is 0.394 e. The zero-order valence-electron chi connectivity index (χ0n) is 14.9. The first-order valence-electron chi connectivity index (χ1n) is 7.92. The first-order chi connectivity index (χ1) is 14.2. The molecule has 2 aromatic rings. The van der Waals surface area contributed by atoms with Crippen LogP contribution in [-0.2, 0) is 31.6 Å². The van der Waals surface area contributed by atoms with Crippen molar-refractivity contribution in [3.05, 3.63) is 12.7 Å². The molecule has 1 fully saturated rings. The van der Waals surface area contributed by atoms with Gasteiger partial charge in [-0.2, -0.15) is 8.62 Å². The van der Waals surface area contributed by atoms with E-state index in [4.69, 9.17) is 24.8 Å². The van der Waals surface area contributed by atoms with Crippen LogP contribution in [0.4, 0.5) is 5.82 Å². The maximum atomic E-state index is 12.2. The summed E-state index contributed by atoms with van der Waals surface area (Å²) in [5.74, 6) is -0.0227. The van der Waals surface area contributed by atoms with Crippen molar-refractivity contribution in [3.8, 4) is 0 Å². The van der Waals surface area contributed by atoms with Crippen molar-refractivity contribution >= 4 is 40.4 Å². The Kier molecular flexibility index (Phi) is 6.68. The number of nitrogens with two attached hydrogens (primary N) is 1. The first-order valence-corrected chi connectivity index (χ1v) is 12.4. The number of phosphoric ester groups is 1. The van der Waals surface area contributed by atoms with E-state index >= 15 is 0 Å². The van der Waals surface area contributed by atoms with Crippen LogP contribution in [0.5, 0.6) is 0 Å². The van der Waals surface area contributed by atoms with Crippen molar-refractivity contribution in [2.24, 2.45) is 0 Å². The summed E-state index contributed by atoms with van der Waals surface area (Å²) in [5.41, 5.74) is 5.82. The van der Waals surface area contributed by atoms with Crippen LogP contribution in [0.1, 0.15) is 6.23 Å². The minimum atomic E-state index is -5.79. The zero-order chi connectivity index (χ0) is 23.2. The number of hydrogen-bond donors (Lipinski definition) is 7. The van der Waals surface area contributed by atoms with E-state index in [1.807, 2.05) is 0 Å². The molecule has 1 aliphatic rings. The van der Waals surface area contributed by atoms with Crippen LogP contribution < -0.4 is 5.73 Å². The molecule has 3 heterocycles. The van der Waals surface area contributed by atoms with Gasteiger partial charge in [-0.1, -0.05) is 0 Å². The lowest BCUT2D eigenvalue weighted by atomic mass is 10.1. The number of ether oxygens (including phenoxy) is 1. The molecule has 0 saturated carbocycles. The van der Waals surface area contributed by atoms with Gasteiger partial charge in [0.05, 0.1) is 12.9 Å². The van der Waals surface area contributed by atoms with Crippen LogP contribution in [0.25, 0.3) is 11.2 Å². The van der Waals surface area contributed by atoms with E-state index < -0.39 is 54.6 Å². The molecular weight excluding hydrogens is 491 g/mol. The lowest BCUT2D eigenvalue weighted by Gasteiger charge is -2.24. The molecule has 0 spiro atoms. The van der Waals surface area contributed by atoms with Crippen molar-refractivity contribution in [1.29, 1.82) is 0 Å². The van der Waals surface area contributed by atoms with Gasteiger partial charge >= 0.3 is 23.5 Å². The van der Waals surface area contributed by atoms with Crippen molar-refractivity contribution < 1.29 is 61.4 Å². The topological polar surface area (TPSA) is 279 Å². The molecule has 1 saturated heterocycles. The van der Waals surface area contributed by atoms with Gasteiger partial charge in [-0.05, 0) is 0 Å². The summed E-state index contributed by atoms with van der Waals surface area (Å²) < 4.78 is 53.0. The third kappa shape index (κ3) is 5.53. The van der Waals surface area contributed by atoms with Gasteiger partial charge in [0.1, 0.15) is 30.2 Å². The van der Waals surface area contributed by atoms with Crippen LogP contribution in [0.2, 0.25) is 0 Å². The molecule has 18 nitrogen and oxygen atoms in total. The van der Waals surface area contributed by atoms with Gasteiger partial charge in [0.15, 0.2) is 17.7 Å². The summed E-state index contributed by atoms with van der Waals surface area (Å²) in [6.45, 7) is -0.766. The highest BCUT2D eigenvalue weighted by Gasteiger charge is 2.51. The Morgan fingerprint density at radius 3 is 2.39 bits per heavy atom. The maximum absolute atomic E-state index is 12.2. The average Bonchev–Trinajstić information content (AvgIpc) is 3.14. The number of phosphoric acid groups is 3. The highest BCUT2D eigenvalue weighted by Crippen LogP contribution is 2.67. The standard InChI is InChI=1S/C10H16N5O13P3/c11-8-5-9(13-2-12-8)15(3-14-5)10-7(6(17)4(1-16)25-10)26-30(21,22)28-31(23,24)27-29(18,19)20/h2-4,6-7,10,16-17H,1H2,(H,21,22)(H,23,24)(H2,11,12,13)(H2,18,19,20)/t4-,6+,7-,10-/m1/s1. The molecule has 0 aliphatic carbocycles. The number of aliphatic hydroxyl groups is 2. The van der Waals surface area contributed by atoms with Crippen molar-refractivity contribution in [3.63, 3.8) is 0 Å². The maximum Gasteiger partial charge on any atom is 0.490 e. The van der Waals surface area contributed by atoms with Gasteiger partial charge in [0, 0.05) is 0 Å². The van der Waals surface area contributed by atoms with E-state index in [2.05, 4.69) is 23.6 Å². The summed E-state index contributed by atoms with van der Waals surface area (Å²) >= 11 is 0. The van der Waals surface area contributed by atoms with Gasteiger partial charge in [0.25, 0.3) is 0 Å². The van der Waals surface area contributed by atoms with Crippen LogP contribution >= 0.6 is 23.5 Å². The molecule has 174 valence electrons. The molecule has 0 aromatic carbocycles. The number of hydrogen-bond acceptors (Lipinski definition) is 13. The molecule has 0 bridgehead atoms. The Hall–Kier alpha value is -1.36. The third-order valence-electron chi connectivity index (χ3n) is 3.82. The van der Waals surface area contributed by atoms with Crippen LogP contribution in [0.3, 0.4) is 0 Å². The summed E-state index contributed by atoms with van der Waals surface area (Å²) in [6, 6.07) is 0. The van der Waals surface area contributed by atoms with Gasteiger partial charge in [-0.25, -0.2) is 28.6 Å². The number of nitrogen functional groups attached to an aromatic ring is 1. The predicted octanol–water partition coefficient (Wildman–Crippen LogP) is -1.63. The number of rotatable bonds is 8. The molecule has 0 radical (unpaired) electrons. The lowest BCUT2D eigenvalue weighted by molar-refractivity contribution is -0.0505. The van der Waals surface area contributed by atoms with Gasteiger partial charge < -0.3 is 40.3 Å². The molecule has 2 aromatic heterocycles. The molecule has 2 unspecified atom stereocenters. The Bertz CT molecular complexity index is 1100. The molecule has 1 aliphatic heterocycles. The van der Waals surface area contributed by atoms with Crippen LogP contribution in [-0.4, -0.2) is 74.2 Å². The van der Waals surface area contributed by atoms with E-state index in [-0.39, 0.29) is 17.0 Å². The van der Waals surface area contributed by atoms with Crippen molar-refractivity contribution in [2.75, 3.05) is 12.3 Å². The van der Waals surface area contributed by atoms with Gasteiger partial charge in [-0.15, -0.1) is 0 Å². The largest absolute Gasteiger partial charge is 0.490 e. The first kappa shape index (κ1) is 24.3. The molecule has 8 N–H and O–H groups in total. The summed E-state index contributed by atoms with van der Waals surface area (Å²) in [6.07, 6.45) is -4.27. The average molecular weight is 507 g/mol. The summed E-state index contributed by atoms with van der Waals surface area (Å²) in [4.78, 5) is 47.8. The second kappa shape index (κ2) is 8.53. The Morgan fingerprint density at radius 2 is 1.77 bits per heavy atom. The summed E-state index contributed by atoms with van der Waals surface area (Å²) in [5, 5.41) is 19.7. The van der Waals surface area contributed by atoms with E-state index in [9.17, 15) is 33.7 Å². The zero-order valence-corrected chi connectivity index (χ0v) is 17.6. The highest BCUT2D eigenvalue weighted by atomic mass is 31.3. The predicted molar refractivity (Wildman–Crippen MR) is 95.5 cm³/mol. The SMILES string of the molecule is Nc1ncnc2c1ncn2[C@@H]1O[C@H](CO)[C@H](O)[C@H]1OP(=O)(O)OP(=O)(O)OP(=O)(O)O. The number of nitrogens with zero attached hydrogens (tertiary/aromatic N) is 4.